The number of benzene rings is 1. The Labute approximate surface area is 120 Å². The summed E-state index contributed by atoms with van der Waals surface area (Å²) in [6.45, 7) is 4.00. The maximum atomic E-state index is 11.7. The van der Waals surface area contributed by atoms with Gasteiger partial charge in [0.1, 0.15) is 19.0 Å². The molecule has 0 heterocycles. The van der Waals surface area contributed by atoms with E-state index in [0.29, 0.717) is 26.4 Å². The summed E-state index contributed by atoms with van der Waals surface area (Å²) < 4.78 is 15.6. The number of aryl methyl sites for hydroxylation is 1. The van der Waals surface area contributed by atoms with E-state index in [0.717, 1.165) is 11.3 Å². The largest absolute Gasteiger partial charge is 0.492 e. The molecule has 1 aromatic rings. The fourth-order valence-electron chi connectivity index (χ4n) is 1.54. The highest BCUT2D eigenvalue weighted by Crippen LogP contribution is 2.11. The van der Waals surface area contributed by atoms with Crippen LogP contribution in [0, 0.1) is 6.92 Å². The zero-order chi connectivity index (χ0) is 14.8. The van der Waals surface area contributed by atoms with E-state index >= 15 is 0 Å². The summed E-state index contributed by atoms with van der Waals surface area (Å²) in [4.78, 5) is 13.3. The molecule has 0 bridgehead atoms. The van der Waals surface area contributed by atoms with Crippen LogP contribution >= 0.6 is 0 Å². The maximum Gasteiger partial charge on any atom is 0.248 e. The minimum Gasteiger partial charge on any atom is -0.492 e. The van der Waals surface area contributed by atoms with Crippen LogP contribution in [0.15, 0.2) is 24.3 Å². The van der Waals surface area contributed by atoms with Gasteiger partial charge in [0.15, 0.2) is 0 Å². The average molecular weight is 281 g/mol. The minimum absolute atomic E-state index is 0.0612. The first-order chi connectivity index (χ1) is 9.63. The fraction of sp³-hybridized carbons (Fsp3) is 0.533. The second kappa shape index (κ2) is 9.34. The monoisotopic (exact) mass is 281 g/mol. The molecule has 5 nitrogen and oxygen atoms in total. The maximum absolute atomic E-state index is 11.7. The third-order valence-corrected chi connectivity index (χ3v) is 2.77. The van der Waals surface area contributed by atoms with Gasteiger partial charge in [-0.1, -0.05) is 12.1 Å². The molecule has 0 unspecified atom stereocenters. The Kier molecular flexibility index (Phi) is 7.69. The van der Waals surface area contributed by atoms with Crippen molar-refractivity contribution in [3.8, 4) is 5.75 Å². The molecular formula is C15H23NO4. The lowest BCUT2D eigenvalue weighted by molar-refractivity contribution is -0.135. The Hall–Kier alpha value is -1.59. The normalized spacial score (nSPS) is 10.3. The lowest BCUT2D eigenvalue weighted by Gasteiger charge is -2.17. The van der Waals surface area contributed by atoms with Crippen LogP contribution in [0.1, 0.15) is 5.56 Å². The van der Waals surface area contributed by atoms with Crippen molar-refractivity contribution in [3.05, 3.63) is 29.8 Å². The van der Waals surface area contributed by atoms with Crippen LogP contribution in [-0.2, 0) is 14.3 Å². The lowest BCUT2D eigenvalue weighted by Crippen LogP contribution is -2.34. The molecule has 0 aliphatic rings. The van der Waals surface area contributed by atoms with Crippen LogP contribution in [0.25, 0.3) is 0 Å². The quantitative estimate of drug-likeness (QED) is 0.644. The number of likely N-dealkylation sites (N-methyl/N-ethyl adjacent to an activating group) is 1. The summed E-state index contributed by atoms with van der Waals surface area (Å²) in [7, 11) is 3.33. The SMILES string of the molecule is COCCOCC(=O)N(C)CCOc1cccc(C)c1. The standard InChI is InChI=1S/C15H23NO4/c1-13-5-4-6-14(11-13)20-8-7-16(2)15(17)12-19-10-9-18-3/h4-6,11H,7-10,12H2,1-3H3. The molecule has 1 amide bonds. The number of ether oxygens (including phenoxy) is 3. The van der Waals surface area contributed by atoms with Crippen molar-refractivity contribution >= 4 is 5.91 Å². The third-order valence-electron chi connectivity index (χ3n) is 2.77. The summed E-state index contributed by atoms with van der Waals surface area (Å²) in [6, 6.07) is 7.83. The lowest BCUT2D eigenvalue weighted by atomic mass is 10.2. The average Bonchev–Trinajstić information content (AvgIpc) is 2.43. The molecule has 0 saturated heterocycles. The Morgan fingerprint density at radius 3 is 2.75 bits per heavy atom. The Morgan fingerprint density at radius 2 is 2.05 bits per heavy atom. The molecule has 0 spiro atoms. The first kappa shape index (κ1) is 16.5. The van der Waals surface area contributed by atoms with Crippen LogP contribution in [-0.4, -0.2) is 57.9 Å². The van der Waals surface area contributed by atoms with Gasteiger partial charge in [-0.15, -0.1) is 0 Å². The van der Waals surface area contributed by atoms with Gasteiger partial charge in [0, 0.05) is 14.2 Å². The number of amides is 1. The number of nitrogens with zero attached hydrogens (tertiary/aromatic N) is 1. The molecule has 1 rings (SSSR count). The van der Waals surface area contributed by atoms with Gasteiger partial charge in [-0.05, 0) is 24.6 Å². The van der Waals surface area contributed by atoms with Crippen molar-refractivity contribution in [1.29, 1.82) is 0 Å². The number of carbonyl (C=O) groups excluding carboxylic acids is 1. The molecule has 5 heteroatoms. The van der Waals surface area contributed by atoms with Gasteiger partial charge in [0.25, 0.3) is 0 Å². The molecule has 0 aliphatic carbocycles. The van der Waals surface area contributed by atoms with Crippen LogP contribution in [0.3, 0.4) is 0 Å². The number of carbonyl (C=O) groups is 1. The molecule has 0 atom stereocenters. The van der Waals surface area contributed by atoms with E-state index in [4.69, 9.17) is 14.2 Å². The van der Waals surface area contributed by atoms with Crippen molar-refractivity contribution in [2.24, 2.45) is 0 Å². The highest BCUT2D eigenvalue weighted by atomic mass is 16.5. The summed E-state index contributed by atoms with van der Waals surface area (Å²) in [6.07, 6.45) is 0. The zero-order valence-corrected chi connectivity index (χ0v) is 12.4. The third kappa shape index (κ3) is 6.54. The molecule has 0 aliphatic heterocycles. The molecule has 0 saturated carbocycles. The molecule has 0 fully saturated rings. The van der Waals surface area contributed by atoms with E-state index in [9.17, 15) is 4.79 Å². The van der Waals surface area contributed by atoms with E-state index in [1.807, 2.05) is 31.2 Å². The summed E-state index contributed by atoms with van der Waals surface area (Å²) in [5.41, 5.74) is 1.15. The van der Waals surface area contributed by atoms with Gasteiger partial charge in [-0.3, -0.25) is 4.79 Å². The van der Waals surface area contributed by atoms with Crippen molar-refractivity contribution in [1.82, 2.24) is 4.90 Å². The summed E-state index contributed by atoms with van der Waals surface area (Å²) in [5.74, 6) is 0.760. The fourth-order valence-corrected chi connectivity index (χ4v) is 1.54. The summed E-state index contributed by atoms with van der Waals surface area (Å²) >= 11 is 0. The number of hydrogen-bond acceptors (Lipinski definition) is 4. The molecular weight excluding hydrogens is 258 g/mol. The smallest absolute Gasteiger partial charge is 0.248 e. The first-order valence-electron chi connectivity index (χ1n) is 6.63. The molecule has 0 N–H and O–H groups in total. The van der Waals surface area contributed by atoms with E-state index in [1.165, 1.54) is 0 Å². The number of rotatable bonds is 9. The Morgan fingerprint density at radius 1 is 1.25 bits per heavy atom. The van der Waals surface area contributed by atoms with E-state index < -0.39 is 0 Å². The second-order valence-electron chi connectivity index (χ2n) is 4.53. The second-order valence-corrected chi connectivity index (χ2v) is 4.53. The molecule has 0 aromatic heterocycles. The van der Waals surface area contributed by atoms with Crippen LogP contribution in [0.5, 0.6) is 5.75 Å². The van der Waals surface area contributed by atoms with Crippen LogP contribution in [0.4, 0.5) is 0 Å². The summed E-state index contributed by atoms with van der Waals surface area (Å²) in [5, 5.41) is 0. The van der Waals surface area contributed by atoms with Gasteiger partial charge in [0.05, 0.1) is 19.8 Å². The minimum atomic E-state index is -0.0612. The van der Waals surface area contributed by atoms with Crippen LogP contribution in [0.2, 0.25) is 0 Å². The number of methoxy groups -OCH3 is 1. The van der Waals surface area contributed by atoms with E-state index in [1.54, 1.807) is 19.1 Å². The predicted molar refractivity (Wildman–Crippen MR) is 77.0 cm³/mol. The topological polar surface area (TPSA) is 48.0 Å². The van der Waals surface area contributed by atoms with E-state index in [-0.39, 0.29) is 12.5 Å². The Balaban J connectivity index is 2.18. The first-order valence-corrected chi connectivity index (χ1v) is 6.63. The van der Waals surface area contributed by atoms with Gasteiger partial charge in [-0.25, -0.2) is 0 Å². The predicted octanol–water partition coefficient (Wildman–Crippen LogP) is 1.50. The van der Waals surface area contributed by atoms with Gasteiger partial charge >= 0.3 is 0 Å². The van der Waals surface area contributed by atoms with Crippen molar-refractivity contribution in [2.45, 2.75) is 6.92 Å². The van der Waals surface area contributed by atoms with Gasteiger partial charge in [0.2, 0.25) is 5.91 Å². The molecule has 20 heavy (non-hydrogen) atoms. The zero-order valence-electron chi connectivity index (χ0n) is 12.4. The van der Waals surface area contributed by atoms with Crippen molar-refractivity contribution in [2.75, 3.05) is 47.1 Å². The highest BCUT2D eigenvalue weighted by molar-refractivity contribution is 5.77. The van der Waals surface area contributed by atoms with E-state index in [2.05, 4.69) is 0 Å². The molecule has 1 aromatic carbocycles. The molecule has 112 valence electrons. The van der Waals surface area contributed by atoms with Crippen molar-refractivity contribution < 1.29 is 19.0 Å². The highest BCUT2D eigenvalue weighted by Gasteiger charge is 2.08. The van der Waals surface area contributed by atoms with Gasteiger partial charge < -0.3 is 19.1 Å². The van der Waals surface area contributed by atoms with Gasteiger partial charge in [-0.2, -0.15) is 0 Å². The van der Waals surface area contributed by atoms with Crippen molar-refractivity contribution in [3.63, 3.8) is 0 Å². The number of hydrogen-bond donors (Lipinski definition) is 0. The molecule has 0 radical (unpaired) electrons. The Bertz CT molecular complexity index is 409. The van der Waals surface area contributed by atoms with Crippen LogP contribution < -0.4 is 4.74 Å².